The fraction of sp³-hybridized carbons (Fsp3) is 0.375. The van der Waals surface area contributed by atoms with E-state index < -0.39 is 15.7 Å². The highest BCUT2D eigenvalue weighted by molar-refractivity contribution is 7.91. The predicted molar refractivity (Wildman–Crippen MR) is 95.2 cm³/mol. The number of carbonyl (C=O) groups excluding carboxylic acids is 2. The fourth-order valence-corrected chi connectivity index (χ4v) is 4.74. The zero-order valence-electron chi connectivity index (χ0n) is 13.3. The van der Waals surface area contributed by atoms with Crippen molar-refractivity contribution in [1.82, 2.24) is 15.6 Å². The largest absolute Gasteiger partial charge is 0.361 e. The zero-order valence-corrected chi connectivity index (χ0v) is 14.9. The molecule has 1 unspecified atom stereocenters. The molecule has 1 saturated heterocycles. The molecule has 7 nitrogen and oxygen atoms in total. The second-order valence-electron chi connectivity index (χ2n) is 6.12. The Labute approximate surface area is 150 Å². The molecule has 1 aliphatic rings. The molecular weight excluding hydrogens is 366 g/mol. The van der Waals surface area contributed by atoms with Crippen LogP contribution in [0.1, 0.15) is 12.0 Å². The third kappa shape index (κ3) is 4.52. The Morgan fingerprint density at radius 3 is 2.80 bits per heavy atom. The summed E-state index contributed by atoms with van der Waals surface area (Å²) in [7, 11) is -3.05. The monoisotopic (exact) mass is 383 g/mol. The topological polar surface area (TPSA) is 108 Å². The van der Waals surface area contributed by atoms with Crippen LogP contribution in [-0.4, -0.2) is 49.3 Å². The number of H-pyrrole nitrogens is 1. The minimum Gasteiger partial charge on any atom is -0.361 e. The highest BCUT2D eigenvalue weighted by Crippen LogP contribution is 2.22. The summed E-state index contributed by atoms with van der Waals surface area (Å²) in [6.45, 7) is -0.182. The van der Waals surface area contributed by atoms with Gasteiger partial charge in [-0.15, -0.1) is 0 Å². The molecule has 2 amide bonds. The quantitative estimate of drug-likeness (QED) is 0.709. The molecule has 0 saturated carbocycles. The Hall–Kier alpha value is -2.06. The van der Waals surface area contributed by atoms with E-state index in [0.717, 1.165) is 16.5 Å². The van der Waals surface area contributed by atoms with E-state index in [1.165, 1.54) is 0 Å². The lowest BCUT2D eigenvalue weighted by molar-refractivity contribution is -0.126. The molecule has 2 aromatic rings. The third-order valence-corrected chi connectivity index (χ3v) is 6.13. The molecule has 3 rings (SSSR count). The van der Waals surface area contributed by atoms with Gasteiger partial charge in [0.25, 0.3) is 0 Å². The average molecular weight is 384 g/mol. The van der Waals surface area contributed by atoms with Crippen molar-refractivity contribution < 1.29 is 18.0 Å². The summed E-state index contributed by atoms with van der Waals surface area (Å²) in [5, 5.41) is 6.62. The smallest absolute Gasteiger partial charge is 0.239 e. The van der Waals surface area contributed by atoms with Crippen LogP contribution in [0.4, 0.5) is 0 Å². The summed E-state index contributed by atoms with van der Waals surface area (Å²) in [5.41, 5.74) is 1.67. The number of carbonyl (C=O) groups is 2. The van der Waals surface area contributed by atoms with Gasteiger partial charge in [-0.25, -0.2) is 8.42 Å². The van der Waals surface area contributed by atoms with Crippen LogP contribution in [-0.2, 0) is 25.8 Å². The number of nitrogens with one attached hydrogen (secondary N) is 3. The summed E-state index contributed by atoms with van der Waals surface area (Å²) in [5.74, 6) is -0.636. The molecule has 0 radical (unpaired) electrons. The van der Waals surface area contributed by atoms with Crippen molar-refractivity contribution in [3.05, 3.63) is 35.0 Å². The maximum absolute atomic E-state index is 12.0. The maximum Gasteiger partial charge on any atom is 0.239 e. The Morgan fingerprint density at radius 1 is 1.28 bits per heavy atom. The summed E-state index contributed by atoms with van der Waals surface area (Å²) in [6.07, 6.45) is 2.27. The second kappa shape index (κ2) is 7.05. The summed E-state index contributed by atoms with van der Waals surface area (Å²) in [6, 6.07) is 5.01. The van der Waals surface area contributed by atoms with Crippen LogP contribution in [0.5, 0.6) is 0 Å². The maximum atomic E-state index is 12.0. The number of aromatic amines is 1. The first-order chi connectivity index (χ1) is 11.8. The van der Waals surface area contributed by atoms with Crippen LogP contribution in [0.3, 0.4) is 0 Å². The molecule has 9 heteroatoms. The molecule has 2 heterocycles. The van der Waals surface area contributed by atoms with Crippen molar-refractivity contribution in [3.8, 4) is 0 Å². The number of hydrogen-bond donors (Lipinski definition) is 3. The summed E-state index contributed by atoms with van der Waals surface area (Å²) in [4.78, 5) is 26.9. The minimum atomic E-state index is -3.05. The first kappa shape index (κ1) is 17.8. The van der Waals surface area contributed by atoms with Crippen molar-refractivity contribution in [1.29, 1.82) is 0 Å². The fourth-order valence-electron chi connectivity index (χ4n) is 2.90. The van der Waals surface area contributed by atoms with Crippen LogP contribution >= 0.6 is 11.6 Å². The van der Waals surface area contributed by atoms with Gasteiger partial charge in [-0.1, -0.05) is 11.6 Å². The van der Waals surface area contributed by atoms with E-state index in [0.29, 0.717) is 11.4 Å². The van der Waals surface area contributed by atoms with E-state index in [2.05, 4.69) is 15.6 Å². The van der Waals surface area contributed by atoms with Crippen molar-refractivity contribution in [2.24, 2.45) is 0 Å². The Kier molecular flexibility index (Phi) is 5.01. The number of rotatable bonds is 5. The second-order valence-corrected chi connectivity index (χ2v) is 8.79. The number of aromatic nitrogens is 1. The first-order valence-corrected chi connectivity index (χ1v) is 10.0. The summed E-state index contributed by atoms with van der Waals surface area (Å²) >= 11 is 5.98. The SMILES string of the molecule is O=C(Cc1c[nH]c2ccc(Cl)cc12)NCC(=O)NC1CCS(=O)(=O)C1. The number of amides is 2. The number of sulfone groups is 1. The van der Waals surface area contributed by atoms with Gasteiger partial charge in [-0.05, 0) is 30.2 Å². The van der Waals surface area contributed by atoms with E-state index in [4.69, 9.17) is 11.6 Å². The standard InChI is InChI=1S/C16H18ClN3O4S/c17-11-1-2-14-13(6-11)10(7-18-14)5-15(21)19-8-16(22)20-12-3-4-25(23,24)9-12/h1-2,6-7,12,18H,3-5,8-9H2,(H,19,21)(H,20,22). The molecule has 3 N–H and O–H groups in total. The molecule has 1 atom stereocenters. The molecule has 0 bridgehead atoms. The van der Waals surface area contributed by atoms with Gasteiger partial charge in [-0.2, -0.15) is 0 Å². The molecule has 0 aliphatic carbocycles. The Morgan fingerprint density at radius 2 is 2.08 bits per heavy atom. The van der Waals surface area contributed by atoms with Gasteiger partial charge >= 0.3 is 0 Å². The number of benzene rings is 1. The van der Waals surface area contributed by atoms with Gasteiger partial charge in [0.15, 0.2) is 9.84 Å². The Balaban J connectivity index is 1.51. The minimum absolute atomic E-state index is 0.0389. The molecule has 1 aliphatic heterocycles. The van der Waals surface area contributed by atoms with Crippen LogP contribution in [0.2, 0.25) is 5.02 Å². The average Bonchev–Trinajstić information content (AvgIpc) is 3.08. The zero-order chi connectivity index (χ0) is 18.0. The van der Waals surface area contributed by atoms with E-state index in [1.807, 2.05) is 6.07 Å². The molecule has 25 heavy (non-hydrogen) atoms. The van der Waals surface area contributed by atoms with E-state index in [9.17, 15) is 18.0 Å². The van der Waals surface area contributed by atoms with Gasteiger partial charge in [0.1, 0.15) is 0 Å². The van der Waals surface area contributed by atoms with Crippen molar-refractivity contribution in [2.75, 3.05) is 18.1 Å². The number of fused-ring (bicyclic) bond motifs is 1. The van der Waals surface area contributed by atoms with Gasteiger partial charge in [-0.3, -0.25) is 9.59 Å². The molecule has 0 spiro atoms. The van der Waals surface area contributed by atoms with E-state index >= 15 is 0 Å². The molecule has 1 fully saturated rings. The molecule has 134 valence electrons. The van der Waals surface area contributed by atoms with Gasteiger partial charge in [0.05, 0.1) is 24.5 Å². The van der Waals surface area contributed by atoms with Crippen molar-refractivity contribution >= 4 is 44.2 Å². The normalized spacial score (nSPS) is 19.0. The number of halogens is 1. The summed E-state index contributed by atoms with van der Waals surface area (Å²) < 4.78 is 22.7. The van der Waals surface area contributed by atoms with E-state index in [1.54, 1.807) is 18.3 Å². The molecular formula is C16H18ClN3O4S. The highest BCUT2D eigenvalue weighted by atomic mass is 35.5. The van der Waals surface area contributed by atoms with Gasteiger partial charge in [0.2, 0.25) is 11.8 Å². The van der Waals surface area contributed by atoms with Crippen LogP contribution in [0.15, 0.2) is 24.4 Å². The van der Waals surface area contributed by atoms with Crippen LogP contribution in [0.25, 0.3) is 10.9 Å². The lowest BCUT2D eigenvalue weighted by Crippen LogP contribution is -2.42. The lowest BCUT2D eigenvalue weighted by Gasteiger charge is -2.11. The van der Waals surface area contributed by atoms with E-state index in [-0.39, 0.29) is 36.4 Å². The molecule has 1 aromatic heterocycles. The number of hydrogen-bond acceptors (Lipinski definition) is 4. The van der Waals surface area contributed by atoms with Gasteiger partial charge < -0.3 is 15.6 Å². The van der Waals surface area contributed by atoms with Crippen molar-refractivity contribution in [2.45, 2.75) is 18.9 Å². The van der Waals surface area contributed by atoms with Crippen molar-refractivity contribution in [3.63, 3.8) is 0 Å². The first-order valence-electron chi connectivity index (χ1n) is 7.84. The predicted octanol–water partition coefficient (Wildman–Crippen LogP) is 0.783. The highest BCUT2D eigenvalue weighted by Gasteiger charge is 2.28. The van der Waals surface area contributed by atoms with Crippen LogP contribution < -0.4 is 10.6 Å². The van der Waals surface area contributed by atoms with Gasteiger partial charge in [0, 0.05) is 28.2 Å². The molecule has 1 aromatic carbocycles. The Bertz CT molecular complexity index is 923. The lowest BCUT2D eigenvalue weighted by atomic mass is 10.1. The third-order valence-electron chi connectivity index (χ3n) is 4.12. The van der Waals surface area contributed by atoms with Crippen LogP contribution in [0, 0.1) is 0 Å².